The van der Waals surface area contributed by atoms with E-state index in [1.54, 1.807) is 34.3 Å². The van der Waals surface area contributed by atoms with E-state index in [1.807, 2.05) is 72.8 Å². The molecule has 7 heterocycles. The highest BCUT2D eigenvalue weighted by atomic mass is 16.6. The van der Waals surface area contributed by atoms with Gasteiger partial charge in [0.2, 0.25) is 11.8 Å². The molecule has 0 saturated carbocycles. The Morgan fingerprint density at radius 2 is 0.909 bits per heavy atom. The third-order valence-corrected chi connectivity index (χ3v) is 12.6. The number of aliphatic carboxylic acids is 2. The molecule has 0 spiro atoms. The van der Waals surface area contributed by atoms with Crippen LogP contribution in [0.1, 0.15) is 68.9 Å². The van der Waals surface area contributed by atoms with Crippen molar-refractivity contribution in [2.45, 2.75) is 71.0 Å². The maximum atomic E-state index is 12.1. The lowest BCUT2D eigenvalue weighted by Crippen LogP contribution is -2.49. The number of amides is 2. The maximum absolute atomic E-state index is 12.1. The zero-order valence-corrected chi connectivity index (χ0v) is 43.3. The van der Waals surface area contributed by atoms with Gasteiger partial charge in [0.15, 0.2) is 0 Å². The zero-order valence-electron chi connectivity index (χ0n) is 43.3. The van der Waals surface area contributed by atoms with Crippen molar-refractivity contribution in [2.24, 2.45) is 0 Å². The van der Waals surface area contributed by atoms with Gasteiger partial charge in [-0.2, -0.15) is 0 Å². The van der Waals surface area contributed by atoms with Crippen molar-refractivity contribution in [3.63, 3.8) is 0 Å². The van der Waals surface area contributed by atoms with Crippen LogP contribution in [0.15, 0.2) is 116 Å². The highest BCUT2D eigenvalue weighted by molar-refractivity contribution is 5.87. The zero-order chi connectivity index (χ0) is 54.6. The molecule has 0 aliphatic carbocycles. The number of nitrogens with zero attached hydrogens (tertiary/aromatic N) is 8. The van der Waals surface area contributed by atoms with E-state index in [1.165, 1.54) is 11.8 Å². The van der Waals surface area contributed by atoms with Gasteiger partial charge < -0.3 is 59.3 Å². The first-order valence-electron chi connectivity index (χ1n) is 26.0. The van der Waals surface area contributed by atoms with Crippen molar-refractivity contribution < 1.29 is 58.3 Å². The van der Waals surface area contributed by atoms with Crippen LogP contribution in [0.4, 0.5) is 17.5 Å². The van der Waals surface area contributed by atoms with Crippen molar-refractivity contribution in [2.75, 3.05) is 93.2 Å². The molecule has 0 unspecified atom stereocenters. The molecule has 77 heavy (non-hydrogen) atoms. The Balaban J connectivity index is 0.000000177. The summed E-state index contributed by atoms with van der Waals surface area (Å²) in [5.74, 6) is 1.87. The van der Waals surface area contributed by atoms with E-state index in [4.69, 9.17) is 19.7 Å². The number of aromatic nitrogens is 3. The fraction of sp³-hybridized carbons (Fsp3) is 0.411. The van der Waals surface area contributed by atoms with Gasteiger partial charge in [-0.1, -0.05) is 60.7 Å². The third kappa shape index (κ3) is 21.1. The molecule has 5 aromatic rings. The van der Waals surface area contributed by atoms with Crippen molar-refractivity contribution in [3.05, 3.63) is 127 Å². The topological polar surface area (TPSA) is 258 Å². The largest absolute Gasteiger partial charge is 0.506 e. The number of nitrogens with one attached hydrogen (secondary N) is 1. The lowest BCUT2D eigenvalue weighted by Gasteiger charge is -2.35. The molecule has 2 amide bonds. The van der Waals surface area contributed by atoms with Crippen molar-refractivity contribution in [1.82, 2.24) is 30.1 Å². The first-order chi connectivity index (χ1) is 37.4. The average Bonchev–Trinajstić information content (AvgIpc) is 3.46. The Labute approximate surface area is 448 Å². The lowest BCUT2D eigenvalue weighted by molar-refractivity contribution is -0.163. The summed E-state index contributed by atoms with van der Waals surface area (Å²) < 4.78 is 15.7. The number of rotatable bonds is 17. The molecule has 3 aromatic heterocycles. The predicted molar refractivity (Wildman–Crippen MR) is 287 cm³/mol. The average molecular weight is 1060 g/mol. The summed E-state index contributed by atoms with van der Waals surface area (Å²) in [4.78, 5) is 88.7. The molecule has 4 aliphatic heterocycles. The number of cyclic esters (lactones) is 2. The standard InChI is InChI=1S/C21H25N3O4.C16H19N3O.C14H19N3O4.C5H6O3/c25-20(7-4-8-21(26)27)24-13-11-23(12-14-24)19-10-9-18(15-22-19)28-16-17-5-2-1-3-6-17;1-2-4-14(5-3-1)13-20-15-6-7-16(18-12-15)19-10-8-17-9-11-19;18-11-4-5-12(15-10-11)16-6-8-17(9-7-16)13(19)2-1-3-14(20)21;6-4-2-1-3-5(7)8-4/h1-3,5-6,9-10,15H,4,7-8,11-14,16H2,(H,26,27);1-7,12,17H,8-11,13H2;4-5,10,18H,1-3,6-9H2,(H,20,21);1-3H2. The number of ether oxygens (including phenoxy) is 3. The smallest absolute Gasteiger partial charge is 0.313 e. The number of hydrogen-bond acceptors (Lipinski definition) is 17. The molecule has 4 N–H and O–H groups in total. The van der Waals surface area contributed by atoms with Gasteiger partial charge in [-0.3, -0.25) is 28.8 Å². The third-order valence-electron chi connectivity index (χ3n) is 12.6. The minimum Gasteiger partial charge on any atom is -0.506 e. The van der Waals surface area contributed by atoms with E-state index in [0.717, 1.165) is 60.7 Å². The molecule has 410 valence electrons. The van der Waals surface area contributed by atoms with E-state index < -0.39 is 11.9 Å². The van der Waals surface area contributed by atoms with Gasteiger partial charge >= 0.3 is 23.9 Å². The first-order valence-corrected chi connectivity index (χ1v) is 26.0. The fourth-order valence-electron chi connectivity index (χ4n) is 8.30. The number of carboxylic acids is 2. The Hall–Kier alpha value is -8.33. The van der Waals surface area contributed by atoms with E-state index in [0.29, 0.717) is 97.7 Å². The second-order valence-electron chi connectivity index (χ2n) is 18.3. The molecular formula is C56H69N9O12. The normalized spacial score (nSPS) is 15.2. The number of anilines is 3. The number of benzene rings is 2. The number of pyridine rings is 3. The van der Waals surface area contributed by atoms with Crippen LogP contribution in [0.2, 0.25) is 0 Å². The number of carbonyl (C=O) groups excluding carboxylic acids is 4. The van der Waals surface area contributed by atoms with Gasteiger partial charge in [0, 0.05) is 117 Å². The molecule has 2 aromatic carbocycles. The molecule has 0 bridgehead atoms. The Morgan fingerprint density at radius 1 is 0.506 bits per heavy atom. The summed E-state index contributed by atoms with van der Waals surface area (Å²) in [5, 5.41) is 29.8. The number of esters is 2. The Kier molecular flexibility index (Phi) is 23.7. The highest BCUT2D eigenvalue weighted by Crippen LogP contribution is 2.21. The number of hydrogen-bond donors (Lipinski definition) is 4. The quantitative estimate of drug-likeness (QED) is 0.0656. The molecule has 4 aliphatic rings. The van der Waals surface area contributed by atoms with Crippen LogP contribution in [0.25, 0.3) is 0 Å². The summed E-state index contributed by atoms with van der Waals surface area (Å²) in [6, 6.07) is 31.3. The first kappa shape index (κ1) is 57.9. The number of carbonyl (C=O) groups is 6. The number of carboxylic acid groups (broad SMARTS) is 2. The minimum atomic E-state index is -0.869. The van der Waals surface area contributed by atoms with Crippen molar-refractivity contribution >= 4 is 53.1 Å². The van der Waals surface area contributed by atoms with Crippen molar-refractivity contribution in [1.29, 1.82) is 0 Å². The molecule has 0 atom stereocenters. The summed E-state index contributed by atoms with van der Waals surface area (Å²) >= 11 is 0. The van der Waals surface area contributed by atoms with Gasteiger partial charge in [0.25, 0.3) is 0 Å². The molecule has 21 nitrogen and oxygen atoms in total. The summed E-state index contributed by atoms with van der Waals surface area (Å²) in [7, 11) is 0. The van der Waals surface area contributed by atoms with Gasteiger partial charge in [-0.25, -0.2) is 15.0 Å². The molecule has 4 saturated heterocycles. The van der Waals surface area contributed by atoms with E-state index in [9.17, 15) is 33.9 Å². The van der Waals surface area contributed by atoms with Gasteiger partial charge in [0.05, 0.1) is 18.6 Å². The Bertz CT molecular complexity index is 2580. The van der Waals surface area contributed by atoms with Gasteiger partial charge in [-0.05, 0) is 66.8 Å². The summed E-state index contributed by atoms with van der Waals surface area (Å²) in [5.41, 5.74) is 2.27. The summed E-state index contributed by atoms with van der Waals surface area (Å²) in [6.45, 7) is 10.4. The van der Waals surface area contributed by atoms with Crippen LogP contribution in [0.5, 0.6) is 17.2 Å². The van der Waals surface area contributed by atoms with E-state index >= 15 is 0 Å². The minimum absolute atomic E-state index is 0.00886. The van der Waals surface area contributed by atoms with Crippen LogP contribution in [-0.4, -0.2) is 154 Å². The predicted octanol–water partition coefficient (Wildman–Crippen LogP) is 5.57. The molecule has 9 rings (SSSR count). The van der Waals surface area contributed by atoms with Crippen LogP contribution in [0, 0.1) is 0 Å². The maximum Gasteiger partial charge on any atom is 0.313 e. The number of aromatic hydroxyl groups is 1. The van der Waals surface area contributed by atoms with Crippen molar-refractivity contribution in [3.8, 4) is 17.2 Å². The van der Waals surface area contributed by atoms with Gasteiger partial charge in [0.1, 0.15) is 47.9 Å². The second-order valence-corrected chi connectivity index (χ2v) is 18.3. The van der Waals surface area contributed by atoms with Crippen LogP contribution >= 0.6 is 0 Å². The molecule has 0 radical (unpaired) electrons. The second kappa shape index (κ2) is 31.5. The van der Waals surface area contributed by atoms with Crippen LogP contribution in [-0.2, 0) is 46.7 Å². The molecule has 4 fully saturated rings. The monoisotopic (exact) mass is 1060 g/mol. The van der Waals surface area contributed by atoms with Crippen LogP contribution < -0.4 is 29.5 Å². The van der Waals surface area contributed by atoms with Gasteiger partial charge in [-0.15, -0.1) is 0 Å². The molecule has 21 heteroatoms. The Morgan fingerprint density at radius 3 is 1.26 bits per heavy atom. The van der Waals surface area contributed by atoms with E-state index in [-0.39, 0.29) is 55.2 Å². The number of piperazine rings is 3. The molecular weight excluding hydrogens is 991 g/mol. The lowest BCUT2D eigenvalue weighted by atomic mass is 10.2. The highest BCUT2D eigenvalue weighted by Gasteiger charge is 2.24. The van der Waals surface area contributed by atoms with E-state index in [2.05, 4.69) is 51.8 Å². The SMILES string of the molecule is O=C(O)CCCC(=O)N1CCN(c2ccc(O)cn2)CC1.O=C(O)CCCC(=O)N1CCN(c2ccc(OCc3ccccc3)cn2)CC1.O=C1CCCC(=O)O1.c1ccc(COc2ccc(N3CCNCC3)nc2)cc1. The van der Waals surface area contributed by atoms with Crippen LogP contribution in [0.3, 0.4) is 0 Å². The summed E-state index contributed by atoms with van der Waals surface area (Å²) in [6.07, 6.45) is 7.78. The fourth-order valence-corrected chi connectivity index (χ4v) is 8.30.